The molecule has 1 aliphatic heterocycles. The highest BCUT2D eigenvalue weighted by atomic mass is 32.2. The van der Waals surface area contributed by atoms with Gasteiger partial charge in [0.2, 0.25) is 0 Å². The van der Waals surface area contributed by atoms with Crippen LogP contribution in [0.4, 0.5) is 5.69 Å². The minimum Gasteiger partial charge on any atom is -0.395 e. The fourth-order valence-electron chi connectivity index (χ4n) is 2.57. The van der Waals surface area contributed by atoms with Gasteiger partial charge in [-0.05, 0) is 25.2 Å². The molecule has 2 heterocycles. The third-order valence-electron chi connectivity index (χ3n) is 3.91. The van der Waals surface area contributed by atoms with Crippen LogP contribution in [0.2, 0.25) is 0 Å². The van der Waals surface area contributed by atoms with Crippen molar-refractivity contribution in [1.82, 2.24) is 15.5 Å². The summed E-state index contributed by atoms with van der Waals surface area (Å²) < 4.78 is 22.7. The normalized spacial score (nSPS) is 24.7. The van der Waals surface area contributed by atoms with Gasteiger partial charge in [0.1, 0.15) is 0 Å². The average molecular weight is 298 g/mol. The molecule has 1 atom stereocenters. The molecule has 3 rings (SSSR count). The zero-order valence-corrected chi connectivity index (χ0v) is 11.9. The first-order chi connectivity index (χ1) is 9.46. The highest BCUT2D eigenvalue weighted by molar-refractivity contribution is 7.91. The molecule has 0 radical (unpaired) electrons. The van der Waals surface area contributed by atoms with Crippen molar-refractivity contribution in [3.05, 3.63) is 11.4 Å². The summed E-state index contributed by atoms with van der Waals surface area (Å²) in [5.74, 6) is 0.423. The third-order valence-corrected chi connectivity index (χ3v) is 5.75. The lowest BCUT2D eigenvalue weighted by molar-refractivity contribution is 0.0944. The second kappa shape index (κ2) is 4.76. The maximum Gasteiger partial charge on any atom is 0.273 e. The van der Waals surface area contributed by atoms with Gasteiger partial charge >= 0.3 is 0 Å². The molecule has 1 aliphatic carbocycles. The number of anilines is 1. The predicted octanol–water partition coefficient (Wildman–Crippen LogP) is 0.0338. The van der Waals surface area contributed by atoms with Crippen molar-refractivity contribution in [1.29, 1.82) is 0 Å². The van der Waals surface area contributed by atoms with E-state index in [1.54, 1.807) is 0 Å². The van der Waals surface area contributed by atoms with E-state index in [1.165, 1.54) is 0 Å². The molecule has 2 fully saturated rings. The van der Waals surface area contributed by atoms with E-state index in [4.69, 9.17) is 5.73 Å². The summed E-state index contributed by atoms with van der Waals surface area (Å²) in [6, 6.07) is 0. The van der Waals surface area contributed by atoms with Crippen molar-refractivity contribution in [3.63, 3.8) is 0 Å². The molecule has 8 heteroatoms. The topological polar surface area (TPSA) is 118 Å². The first-order valence-electron chi connectivity index (χ1n) is 6.78. The summed E-state index contributed by atoms with van der Waals surface area (Å²) in [4.78, 5) is 12.0. The van der Waals surface area contributed by atoms with Gasteiger partial charge < -0.3 is 11.1 Å². The van der Waals surface area contributed by atoms with Gasteiger partial charge in [0.25, 0.3) is 5.91 Å². The molecule has 0 aromatic carbocycles. The molecule has 1 unspecified atom stereocenters. The van der Waals surface area contributed by atoms with Crippen molar-refractivity contribution in [2.45, 2.75) is 25.2 Å². The van der Waals surface area contributed by atoms with Gasteiger partial charge in [-0.15, -0.1) is 0 Å². The van der Waals surface area contributed by atoms with E-state index in [1.807, 2.05) is 0 Å². The van der Waals surface area contributed by atoms with Gasteiger partial charge in [-0.1, -0.05) is 0 Å². The number of H-pyrrole nitrogens is 1. The lowest BCUT2D eigenvalue weighted by Crippen LogP contribution is -2.30. The Morgan fingerprint density at radius 3 is 2.75 bits per heavy atom. The molecular formula is C12H18N4O3S. The number of rotatable bonds is 4. The van der Waals surface area contributed by atoms with Crippen molar-refractivity contribution >= 4 is 21.4 Å². The van der Waals surface area contributed by atoms with Crippen LogP contribution >= 0.6 is 0 Å². The van der Waals surface area contributed by atoms with Crippen molar-refractivity contribution in [2.24, 2.45) is 5.92 Å². The van der Waals surface area contributed by atoms with Gasteiger partial charge in [0.05, 0.1) is 22.9 Å². The molecule has 110 valence electrons. The van der Waals surface area contributed by atoms with Crippen LogP contribution in [-0.2, 0) is 9.84 Å². The van der Waals surface area contributed by atoms with E-state index in [9.17, 15) is 13.2 Å². The standard InChI is InChI=1S/C12H18N4O3S/c13-9-10(8-1-2-8)15-16-11(9)12(17)14-5-7-3-4-20(18,19)6-7/h7-8H,1-6,13H2,(H,14,17)(H,15,16). The summed E-state index contributed by atoms with van der Waals surface area (Å²) in [6.45, 7) is 0.350. The number of nitrogens with one attached hydrogen (secondary N) is 2. The molecule has 1 aromatic rings. The number of nitrogens with zero attached hydrogens (tertiary/aromatic N) is 1. The number of nitrogen functional groups attached to an aromatic ring is 1. The third kappa shape index (κ3) is 2.65. The Bertz CT molecular complexity index is 633. The maximum atomic E-state index is 12.0. The average Bonchev–Trinajstić information content (AvgIpc) is 3.07. The lowest BCUT2D eigenvalue weighted by Gasteiger charge is -2.08. The van der Waals surface area contributed by atoms with Crippen molar-refractivity contribution in [2.75, 3.05) is 23.8 Å². The van der Waals surface area contributed by atoms with Gasteiger partial charge in [0.15, 0.2) is 15.5 Å². The molecule has 4 N–H and O–H groups in total. The van der Waals surface area contributed by atoms with E-state index in [0.717, 1.165) is 18.5 Å². The number of aromatic amines is 1. The smallest absolute Gasteiger partial charge is 0.273 e. The number of carbonyl (C=O) groups is 1. The Balaban J connectivity index is 1.59. The predicted molar refractivity (Wildman–Crippen MR) is 74.1 cm³/mol. The number of amides is 1. The van der Waals surface area contributed by atoms with Crippen molar-refractivity contribution in [3.8, 4) is 0 Å². The fraction of sp³-hybridized carbons (Fsp3) is 0.667. The summed E-state index contributed by atoms with van der Waals surface area (Å²) in [5, 5.41) is 9.52. The van der Waals surface area contributed by atoms with Gasteiger partial charge in [0, 0.05) is 12.5 Å². The summed E-state index contributed by atoms with van der Waals surface area (Å²) in [5.41, 5.74) is 7.40. The van der Waals surface area contributed by atoms with Gasteiger partial charge in [-0.25, -0.2) is 8.42 Å². The minimum atomic E-state index is -2.91. The van der Waals surface area contributed by atoms with E-state index < -0.39 is 9.84 Å². The molecule has 1 saturated carbocycles. The van der Waals surface area contributed by atoms with Crippen LogP contribution in [-0.4, -0.2) is 42.6 Å². The van der Waals surface area contributed by atoms with Gasteiger partial charge in [-0.3, -0.25) is 9.89 Å². The zero-order valence-electron chi connectivity index (χ0n) is 11.1. The number of nitrogens with two attached hydrogens (primary N) is 1. The van der Waals surface area contributed by atoms with Crippen LogP contribution in [0.5, 0.6) is 0 Å². The lowest BCUT2D eigenvalue weighted by atomic mass is 10.1. The highest BCUT2D eigenvalue weighted by Crippen LogP contribution is 2.42. The molecule has 0 bridgehead atoms. The van der Waals surface area contributed by atoms with E-state index >= 15 is 0 Å². The van der Waals surface area contributed by atoms with E-state index in [-0.39, 0.29) is 29.0 Å². The minimum absolute atomic E-state index is 0.00739. The largest absolute Gasteiger partial charge is 0.395 e. The Kier molecular flexibility index (Phi) is 3.19. The molecule has 0 spiro atoms. The first-order valence-corrected chi connectivity index (χ1v) is 8.61. The molecule has 2 aliphatic rings. The molecule has 1 aromatic heterocycles. The molecule has 20 heavy (non-hydrogen) atoms. The Labute approximate surface area is 117 Å². The monoisotopic (exact) mass is 298 g/mol. The molecular weight excluding hydrogens is 280 g/mol. The number of carbonyl (C=O) groups excluding carboxylic acids is 1. The van der Waals surface area contributed by atoms with Crippen LogP contribution in [0.3, 0.4) is 0 Å². The quantitative estimate of drug-likeness (QED) is 0.725. The van der Waals surface area contributed by atoms with Crippen LogP contribution in [0.15, 0.2) is 0 Å². The number of hydrogen-bond acceptors (Lipinski definition) is 5. The highest BCUT2D eigenvalue weighted by Gasteiger charge is 2.31. The molecule has 7 nitrogen and oxygen atoms in total. The van der Waals surface area contributed by atoms with Crippen molar-refractivity contribution < 1.29 is 13.2 Å². The van der Waals surface area contributed by atoms with E-state index in [2.05, 4.69) is 15.5 Å². The second-order valence-corrected chi connectivity index (χ2v) is 7.88. The molecule has 1 saturated heterocycles. The first kappa shape index (κ1) is 13.4. The maximum absolute atomic E-state index is 12.0. The SMILES string of the molecule is Nc1c(C(=O)NCC2CCS(=O)(=O)C2)n[nH]c1C1CC1. The zero-order chi connectivity index (χ0) is 14.3. The number of hydrogen-bond donors (Lipinski definition) is 3. The van der Waals surface area contributed by atoms with Crippen LogP contribution in [0, 0.1) is 5.92 Å². The second-order valence-electron chi connectivity index (χ2n) is 5.65. The van der Waals surface area contributed by atoms with Crippen LogP contribution < -0.4 is 11.1 Å². The van der Waals surface area contributed by atoms with Gasteiger partial charge in [-0.2, -0.15) is 5.10 Å². The van der Waals surface area contributed by atoms with E-state index in [0.29, 0.717) is 24.6 Å². The number of sulfone groups is 1. The fourth-order valence-corrected chi connectivity index (χ4v) is 4.44. The summed E-state index contributed by atoms with van der Waals surface area (Å²) in [6.07, 6.45) is 2.76. The Hall–Kier alpha value is -1.57. The summed E-state index contributed by atoms with van der Waals surface area (Å²) >= 11 is 0. The van der Waals surface area contributed by atoms with Crippen LogP contribution in [0.25, 0.3) is 0 Å². The number of aromatic nitrogens is 2. The Morgan fingerprint density at radius 1 is 1.40 bits per heavy atom. The molecule has 1 amide bonds. The summed E-state index contributed by atoms with van der Waals surface area (Å²) in [7, 11) is -2.91. The Morgan fingerprint density at radius 2 is 2.15 bits per heavy atom. The van der Waals surface area contributed by atoms with Crippen LogP contribution in [0.1, 0.15) is 41.4 Å².